The van der Waals surface area contributed by atoms with Crippen LogP contribution < -0.4 is 5.32 Å². The van der Waals surface area contributed by atoms with Crippen molar-refractivity contribution in [2.24, 2.45) is 0 Å². The van der Waals surface area contributed by atoms with Crippen LogP contribution in [0.15, 0.2) is 55.0 Å². The van der Waals surface area contributed by atoms with Crippen LogP contribution in [0, 0.1) is 0 Å². The molecule has 2 aromatic carbocycles. The lowest BCUT2D eigenvalue weighted by molar-refractivity contribution is 0.688. The molecule has 1 aliphatic rings. The monoisotopic (exact) mass is 329 g/mol. The fraction of sp³-hybridized carbons (Fsp3) is 0.200. The van der Waals surface area contributed by atoms with E-state index in [0.717, 1.165) is 29.5 Å². The predicted molar refractivity (Wildman–Crippen MR) is 99.0 cm³/mol. The SMILES string of the molecule is c1cc(CNC2CC2)cc(-c2c[nH]c3ccc(-c4ncn[nH]4)cc23)c1. The van der Waals surface area contributed by atoms with Crippen molar-refractivity contribution < 1.29 is 0 Å². The summed E-state index contributed by atoms with van der Waals surface area (Å²) in [5.74, 6) is 0.788. The third kappa shape index (κ3) is 2.83. The molecular formula is C20H19N5. The molecule has 2 heterocycles. The molecule has 0 bridgehead atoms. The third-order valence-corrected chi connectivity index (χ3v) is 4.78. The Morgan fingerprint density at radius 2 is 2.04 bits per heavy atom. The molecule has 5 rings (SSSR count). The average Bonchev–Trinajstić information content (AvgIpc) is 3.15. The van der Waals surface area contributed by atoms with E-state index in [1.165, 1.54) is 41.2 Å². The summed E-state index contributed by atoms with van der Waals surface area (Å²) in [4.78, 5) is 7.63. The summed E-state index contributed by atoms with van der Waals surface area (Å²) in [5.41, 5.74) is 5.93. The van der Waals surface area contributed by atoms with Crippen LogP contribution in [0.1, 0.15) is 18.4 Å². The van der Waals surface area contributed by atoms with Gasteiger partial charge in [0.15, 0.2) is 5.82 Å². The van der Waals surface area contributed by atoms with Gasteiger partial charge in [-0.2, -0.15) is 5.10 Å². The van der Waals surface area contributed by atoms with Crippen LogP contribution in [0.3, 0.4) is 0 Å². The van der Waals surface area contributed by atoms with E-state index in [4.69, 9.17) is 0 Å². The number of aromatic amines is 2. The molecule has 0 saturated heterocycles. The van der Waals surface area contributed by atoms with Crippen LogP contribution in [-0.2, 0) is 6.54 Å². The van der Waals surface area contributed by atoms with Gasteiger partial charge in [0.05, 0.1) is 0 Å². The Kier molecular flexibility index (Phi) is 3.38. The van der Waals surface area contributed by atoms with Crippen molar-refractivity contribution in [2.75, 3.05) is 0 Å². The van der Waals surface area contributed by atoms with Crippen molar-refractivity contribution in [2.45, 2.75) is 25.4 Å². The largest absolute Gasteiger partial charge is 0.361 e. The first-order chi connectivity index (χ1) is 12.4. The molecule has 124 valence electrons. The molecule has 0 atom stereocenters. The number of benzene rings is 2. The molecule has 0 unspecified atom stereocenters. The normalized spacial score (nSPS) is 14.2. The van der Waals surface area contributed by atoms with Crippen molar-refractivity contribution in [3.8, 4) is 22.5 Å². The molecule has 0 amide bonds. The molecule has 1 fully saturated rings. The van der Waals surface area contributed by atoms with Crippen LogP contribution in [0.2, 0.25) is 0 Å². The highest BCUT2D eigenvalue weighted by Gasteiger charge is 2.20. The molecule has 5 nitrogen and oxygen atoms in total. The van der Waals surface area contributed by atoms with Gasteiger partial charge >= 0.3 is 0 Å². The Labute approximate surface area is 145 Å². The fourth-order valence-electron chi connectivity index (χ4n) is 3.25. The summed E-state index contributed by atoms with van der Waals surface area (Å²) >= 11 is 0. The first-order valence-electron chi connectivity index (χ1n) is 8.66. The quantitative estimate of drug-likeness (QED) is 0.520. The number of hydrogen-bond acceptors (Lipinski definition) is 3. The summed E-state index contributed by atoms with van der Waals surface area (Å²) in [6, 6.07) is 15.8. The van der Waals surface area contributed by atoms with E-state index in [2.05, 4.69) is 74.1 Å². The molecule has 1 aliphatic carbocycles. The summed E-state index contributed by atoms with van der Waals surface area (Å²) < 4.78 is 0. The molecule has 25 heavy (non-hydrogen) atoms. The predicted octanol–water partition coefficient (Wildman–Crippen LogP) is 3.87. The van der Waals surface area contributed by atoms with Gasteiger partial charge in [-0.3, -0.25) is 5.10 Å². The number of H-pyrrole nitrogens is 2. The number of hydrogen-bond donors (Lipinski definition) is 3. The zero-order chi connectivity index (χ0) is 16.6. The molecule has 3 N–H and O–H groups in total. The minimum absolute atomic E-state index is 0.723. The molecule has 4 aromatic rings. The minimum Gasteiger partial charge on any atom is -0.361 e. The van der Waals surface area contributed by atoms with E-state index in [1.807, 2.05) is 0 Å². The lowest BCUT2D eigenvalue weighted by atomic mass is 10.0. The zero-order valence-electron chi connectivity index (χ0n) is 13.8. The van der Waals surface area contributed by atoms with Gasteiger partial charge in [0.2, 0.25) is 0 Å². The first kappa shape index (κ1) is 14.4. The van der Waals surface area contributed by atoms with Gasteiger partial charge in [0.25, 0.3) is 0 Å². The number of nitrogens with one attached hydrogen (secondary N) is 3. The smallest absolute Gasteiger partial charge is 0.155 e. The second-order valence-electron chi connectivity index (χ2n) is 6.65. The van der Waals surface area contributed by atoms with Crippen molar-refractivity contribution in [3.63, 3.8) is 0 Å². The highest BCUT2D eigenvalue weighted by atomic mass is 15.2. The number of aromatic nitrogens is 4. The lowest BCUT2D eigenvalue weighted by Crippen LogP contribution is -2.15. The van der Waals surface area contributed by atoms with E-state index in [-0.39, 0.29) is 0 Å². The standard InChI is InChI=1S/C20H19N5/c1-2-13(10-21-16-5-6-16)8-14(3-1)18-11-22-19-7-4-15(9-17(18)19)20-23-12-24-25-20/h1-4,7-9,11-12,16,21-22H,5-6,10H2,(H,23,24,25). The van der Waals surface area contributed by atoms with E-state index >= 15 is 0 Å². The van der Waals surface area contributed by atoms with E-state index in [9.17, 15) is 0 Å². The summed E-state index contributed by atoms with van der Waals surface area (Å²) in [6.07, 6.45) is 6.25. The Balaban J connectivity index is 1.53. The maximum Gasteiger partial charge on any atom is 0.155 e. The van der Waals surface area contributed by atoms with E-state index < -0.39 is 0 Å². The highest BCUT2D eigenvalue weighted by Crippen LogP contribution is 2.31. The van der Waals surface area contributed by atoms with Crippen molar-refractivity contribution in [3.05, 3.63) is 60.6 Å². The lowest BCUT2D eigenvalue weighted by Gasteiger charge is -2.06. The van der Waals surface area contributed by atoms with E-state index in [0.29, 0.717) is 0 Å². The topological polar surface area (TPSA) is 69.4 Å². The Hall–Kier alpha value is -2.92. The van der Waals surface area contributed by atoms with Gasteiger partial charge < -0.3 is 10.3 Å². The molecule has 0 radical (unpaired) electrons. The number of nitrogens with zero attached hydrogens (tertiary/aromatic N) is 2. The fourth-order valence-corrected chi connectivity index (χ4v) is 3.25. The van der Waals surface area contributed by atoms with E-state index in [1.54, 1.807) is 0 Å². The third-order valence-electron chi connectivity index (χ3n) is 4.78. The second kappa shape index (κ2) is 5.86. The molecule has 1 saturated carbocycles. The summed E-state index contributed by atoms with van der Waals surface area (Å²) in [7, 11) is 0. The van der Waals surface area contributed by atoms with Crippen molar-refractivity contribution >= 4 is 10.9 Å². The average molecular weight is 329 g/mol. The van der Waals surface area contributed by atoms with Crippen LogP contribution in [-0.4, -0.2) is 26.2 Å². The van der Waals surface area contributed by atoms with Crippen LogP contribution in [0.4, 0.5) is 0 Å². The van der Waals surface area contributed by atoms with Gasteiger partial charge in [-0.15, -0.1) is 0 Å². The molecule has 0 aliphatic heterocycles. The summed E-state index contributed by atoms with van der Waals surface area (Å²) in [5, 5.41) is 11.7. The van der Waals surface area contributed by atoms with Gasteiger partial charge in [-0.05, 0) is 48.2 Å². The van der Waals surface area contributed by atoms with Crippen molar-refractivity contribution in [1.82, 2.24) is 25.5 Å². The van der Waals surface area contributed by atoms with Gasteiger partial charge in [-0.1, -0.05) is 18.2 Å². The zero-order valence-corrected chi connectivity index (χ0v) is 13.8. The second-order valence-corrected chi connectivity index (χ2v) is 6.65. The molecular weight excluding hydrogens is 310 g/mol. The van der Waals surface area contributed by atoms with Crippen LogP contribution >= 0.6 is 0 Å². The summed E-state index contributed by atoms with van der Waals surface area (Å²) in [6.45, 7) is 0.935. The minimum atomic E-state index is 0.723. The number of rotatable bonds is 5. The van der Waals surface area contributed by atoms with Gasteiger partial charge in [-0.25, -0.2) is 4.98 Å². The Bertz CT molecular complexity index is 1010. The van der Waals surface area contributed by atoms with Crippen LogP contribution in [0.25, 0.3) is 33.4 Å². The molecule has 2 aromatic heterocycles. The maximum atomic E-state index is 4.26. The highest BCUT2D eigenvalue weighted by molar-refractivity contribution is 5.97. The van der Waals surface area contributed by atoms with Crippen LogP contribution in [0.5, 0.6) is 0 Å². The molecule has 5 heteroatoms. The molecule has 0 spiro atoms. The Morgan fingerprint density at radius 3 is 2.88 bits per heavy atom. The van der Waals surface area contributed by atoms with Crippen molar-refractivity contribution in [1.29, 1.82) is 0 Å². The Morgan fingerprint density at radius 1 is 1.08 bits per heavy atom. The van der Waals surface area contributed by atoms with Gasteiger partial charge in [0, 0.05) is 40.8 Å². The maximum absolute atomic E-state index is 4.26. The van der Waals surface area contributed by atoms with Gasteiger partial charge in [0.1, 0.15) is 6.33 Å². The number of fused-ring (bicyclic) bond motifs is 1. The first-order valence-corrected chi connectivity index (χ1v) is 8.66.